The SMILES string of the molecule is Cc1noc(C)c1CN1CC[C@]2(CCCN(C(=O)c3ccsc3)C2)C1. The summed E-state index contributed by atoms with van der Waals surface area (Å²) in [6.07, 6.45) is 3.50. The molecule has 6 heteroatoms. The lowest BCUT2D eigenvalue weighted by atomic mass is 9.79. The Morgan fingerprint density at radius 1 is 1.32 bits per heavy atom. The first-order valence-corrected chi connectivity index (χ1v) is 9.96. The number of amides is 1. The van der Waals surface area contributed by atoms with E-state index in [0.29, 0.717) is 0 Å². The van der Waals surface area contributed by atoms with Gasteiger partial charge in [0.25, 0.3) is 5.91 Å². The van der Waals surface area contributed by atoms with Crippen molar-refractivity contribution in [2.45, 2.75) is 39.7 Å². The number of rotatable bonds is 3. The molecular weight excluding hydrogens is 334 g/mol. The molecule has 1 atom stereocenters. The lowest BCUT2D eigenvalue weighted by molar-refractivity contribution is 0.0527. The Labute approximate surface area is 152 Å². The summed E-state index contributed by atoms with van der Waals surface area (Å²) in [4.78, 5) is 17.3. The smallest absolute Gasteiger partial charge is 0.254 e. The van der Waals surface area contributed by atoms with Gasteiger partial charge in [0.05, 0.1) is 11.3 Å². The third kappa shape index (κ3) is 3.25. The second kappa shape index (κ2) is 6.57. The van der Waals surface area contributed by atoms with E-state index in [9.17, 15) is 4.79 Å². The molecule has 1 amide bonds. The van der Waals surface area contributed by atoms with Crippen molar-refractivity contribution in [1.29, 1.82) is 0 Å². The van der Waals surface area contributed by atoms with Gasteiger partial charge < -0.3 is 9.42 Å². The minimum Gasteiger partial charge on any atom is -0.361 e. The number of carbonyl (C=O) groups is 1. The maximum absolute atomic E-state index is 12.7. The number of likely N-dealkylation sites (tertiary alicyclic amines) is 2. The molecule has 2 saturated heterocycles. The number of hydrogen-bond donors (Lipinski definition) is 0. The quantitative estimate of drug-likeness (QED) is 0.842. The minimum atomic E-state index is 0.199. The fourth-order valence-corrected chi connectivity index (χ4v) is 5.03. The Balaban J connectivity index is 1.43. The van der Waals surface area contributed by atoms with E-state index in [4.69, 9.17) is 4.52 Å². The molecule has 134 valence electrons. The molecule has 0 aliphatic carbocycles. The van der Waals surface area contributed by atoms with Crippen LogP contribution in [0.2, 0.25) is 0 Å². The molecule has 2 aromatic heterocycles. The maximum atomic E-state index is 12.7. The molecule has 0 saturated carbocycles. The summed E-state index contributed by atoms with van der Waals surface area (Å²) in [7, 11) is 0. The summed E-state index contributed by atoms with van der Waals surface area (Å²) in [6.45, 7) is 8.83. The van der Waals surface area contributed by atoms with Gasteiger partial charge in [0.15, 0.2) is 0 Å². The van der Waals surface area contributed by atoms with Crippen molar-refractivity contribution in [2.24, 2.45) is 5.41 Å². The second-order valence-corrected chi connectivity index (χ2v) is 8.39. The highest BCUT2D eigenvalue weighted by Crippen LogP contribution is 2.40. The van der Waals surface area contributed by atoms with E-state index in [0.717, 1.165) is 56.2 Å². The summed E-state index contributed by atoms with van der Waals surface area (Å²) in [5.41, 5.74) is 3.31. The van der Waals surface area contributed by atoms with Crippen LogP contribution in [-0.4, -0.2) is 47.0 Å². The average Bonchev–Trinajstić information content (AvgIpc) is 3.33. The van der Waals surface area contributed by atoms with Gasteiger partial charge in [-0.2, -0.15) is 11.3 Å². The predicted octanol–water partition coefficient (Wildman–Crippen LogP) is 3.48. The van der Waals surface area contributed by atoms with E-state index in [2.05, 4.69) is 15.0 Å². The molecule has 4 rings (SSSR count). The van der Waals surface area contributed by atoms with Gasteiger partial charge in [-0.25, -0.2) is 0 Å². The van der Waals surface area contributed by atoms with Crippen LogP contribution in [0.15, 0.2) is 21.3 Å². The number of aromatic nitrogens is 1. The summed E-state index contributed by atoms with van der Waals surface area (Å²) < 4.78 is 5.30. The third-order valence-corrected chi connectivity index (χ3v) is 6.48. The van der Waals surface area contributed by atoms with Crippen molar-refractivity contribution < 1.29 is 9.32 Å². The highest BCUT2D eigenvalue weighted by atomic mass is 32.1. The molecule has 0 unspecified atom stereocenters. The highest BCUT2D eigenvalue weighted by Gasteiger charge is 2.42. The predicted molar refractivity (Wildman–Crippen MR) is 97.8 cm³/mol. The van der Waals surface area contributed by atoms with Gasteiger partial charge >= 0.3 is 0 Å². The number of nitrogens with zero attached hydrogens (tertiary/aromatic N) is 3. The Kier molecular flexibility index (Phi) is 4.41. The maximum Gasteiger partial charge on any atom is 0.254 e. The summed E-state index contributed by atoms with van der Waals surface area (Å²) in [5, 5.41) is 8.01. The standard InChI is InChI=1S/C19H25N3O2S/c1-14-17(15(2)24-20-14)10-21-8-6-19(12-21)5-3-7-22(13-19)18(23)16-4-9-25-11-16/h4,9,11H,3,5-8,10,12-13H2,1-2H3/t19-/m1/s1. The number of piperidine rings is 1. The van der Waals surface area contributed by atoms with Crippen LogP contribution in [0, 0.1) is 19.3 Å². The first-order chi connectivity index (χ1) is 12.1. The van der Waals surface area contributed by atoms with Crippen molar-refractivity contribution in [3.63, 3.8) is 0 Å². The van der Waals surface area contributed by atoms with E-state index < -0.39 is 0 Å². The van der Waals surface area contributed by atoms with Crippen molar-refractivity contribution in [3.05, 3.63) is 39.4 Å². The van der Waals surface area contributed by atoms with Gasteiger partial charge in [0, 0.05) is 42.5 Å². The van der Waals surface area contributed by atoms with Gasteiger partial charge in [-0.3, -0.25) is 9.69 Å². The molecule has 0 bridgehead atoms. The zero-order valence-corrected chi connectivity index (χ0v) is 15.8. The molecule has 2 aromatic rings. The number of hydrogen-bond acceptors (Lipinski definition) is 5. The van der Waals surface area contributed by atoms with Crippen LogP contribution in [0.5, 0.6) is 0 Å². The number of thiophene rings is 1. The molecule has 0 N–H and O–H groups in total. The molecule has 25 heavy (non-hydrogen) atoms. The average molecular weight is 359 g/mol. The fourth-order valence-electron chi connectivity index (χ4n) is 4.40. The van der Waals surface area contributed by atoms with Crippen LogP contribution >= 0.6 is 11.3 Å². The molecule has 5 nitrogen and oxygen atoms in total. The van der Waals surface area contributed by atoms with E-state index in [-0.39, 0.29) is 11.3 Å². The summed E-state index contributed by atoms with van der Waals surface area (Å²) in [6, 6.07) is 1.94. The van der Waals surface area contributed by atoms with Crippen LogP contribution in [-0.2, 0) is 6.54 Å². The van der Waals surface area contributed by atoms with Crippen molar-refractivity contribution in [1.82, 2.24) is 15.0 Å². The second-order valence-electron chi connectivity index (χ2n) is 7.61. The molecule has 1 spiro atoms. The molecular formula is C19H25N3O2S. The van der Waals surface area contributed by atoms with Crippen LogP contribution in [0.4, 0.5) is 0 Å². The van der Waals surface area contributed by atoms with E-state index in [1.165, 1.54) is 18.4 Å². The zero-order valence-electron chi connectivity index (χ0n) is 15.0. The molecule has 0 radical (unpaired) electrons. The first-order valence-electron chi connectivity index (χ1n) is 9.02. The minimum absolute atomic E-state index is 0.199. The van der Waals surface area contributed by atoms with Crippen molar-refractivity contribution >= 4 is 17.2 Å². The van der Waals surface area contributed by atoms with Crippen molar-refractivity contribution in [3.8, 4) is 0 Å². The van der Waals surface area contributed by atoms with Gasteiger partial charge in [-0.1, -0.05) is 5.16 Å². The first kappa shape index (κ1) is 16.8. The topological polar surface area (TPSA) is 49.6 Å². The van der Waals surface area contributed by atoms with Crippen LogP contribution in [0.1, 0.15) is 46.6 Å². The van der Waals surface area contributed by atoms with Crippen molar-refractivity contribution in [2.75, 3.05) is 26.2 Å². The van der Waals surface area contributed by atoms with Crippen LogP contribution in [0.25, 0.3) is 0 Å². The largest absolute Gasteiger partial charge is 0.361 e. The van der Waals surface area contributed by atoms with E-state index >= 15 is 0 Å². The molecule has 2 aliphatic rings. The zero-order chi connectivity index (χ0) is 17.4. The summed E-state index contributed by atoms with van der Waals surface area (Å²) in [5.74, 6) is 1.13. The summed E-state index contributed by atoms with van der Waals surface area (Å²) >= 11 is 1.59. The molecule has 2 fully saturated rings. The highest BCUT2D eigenvalue weighted by molar-refractivity contribution is 7.08. The number of aryl methyl sites for hydroxylation is 2. The molecule has 4 heterocycles. The fraction of sp³-hybridized carbons (Fsp3) is 0.579. The Bertz CT molecular complexity index is 735. The van der Waals surface area contributed by atoms with Gasteiger partial charge in [0.1, 0.15) is 5.76 Å². The number of carbonyl (C=O) groups excluding carboxylic acids is 1. The normalized spacial score (nSPS) is 24.3. The third-order valence-electron chi connectivity index (χ3n) is 5.80. The molecule has 0 aromatic carbocycles. The Morgan fingerprint density at radius 3 is 2.92 bits per heavy atom. The van der Waals surface area contributed by atoms with Crippen LogP contribution in [0.3, 0.4) is 0 Å². The van der Waals surface area contributed by atoms with Gasteiger partial charge in [-0.15, -0.1) is 0 Å². The van der Waals surface area contributed by atoms with Crippen LogP contribution < -0.4 is 0 Å². The lowest BCUT2D eigenvalue weighted by Gasteiger charge is -2.40. The Hall–Kier alpha value is -1.66. The monoisotopic (exact) mass is 359 g/mol. The lowest BCUT2D eigenvalue weighted by Crippen LogP contribution is -2.47. The van der Waals surface area contributed by atoms with Gasteiger partial charge in [-0.05, 0) is 51.1 Å². The van der Waals surface area contributed by atoms with E-state index in [1.54, 1.807) is 11.3 Å². The van der Waals surface area contributed by atoms with E-state index in [1.807, 2.05) is 30.7 Å². The Morgan fingerprint density at radius 2 is 2.20 bits per heavy atom. The van der Waals surface area contributed by atoms with Gasteiger partial charge in [0.2, 0.25) is 0 Å². The molecule has 2 aliphatic heterocycles.